The molecular weight excluding hydrogens is 340 g/mol. The van der Waals surface area contributed by atoms with E-state index >= 15 is 0 Å². The smallest absolute Gasteiger partial charge is 0.329 e. The molecule has 132 valence electrons. The Morgan fingerprint density at radius 2 is 1.59 bits per heavy atom. The Balaban J connectivity index is 1.44. The molecule has 4 rings (SSSR count). The summed E-state index contributed by atoms with van der Waals surface area (Å²) in [7, 11) is 0. The first kappa shape index (κ1) is 16.5. The minimum Gasteiger partial charge on any atom is -0.361 e. The van der Waals surface area contributed by atoms with Gasteiger partial charge in [0.25, 0.3) is 0 Å². The van der Waals surface area contributed by atoms with Crippen LogP contribution < -0.4 is 10.7 Å². The average molecular weight is 356 g/mol. The van der Waals surface area contributed by atoms with Gasteiger partial charge in [-0.1, -0.05) is 54.6 Å². The molecule has 0 unspecified atom stereocenters. The fraction of sp³-hybridized carbons (Fsp3) is 0. The van der Waals surface area contributed by atoms with Gasteiger partial charge in [-0.05, 0) is 17.5 Å². The molecule has 0 saturated heterocycles. The fourth-order valence-electron chi connectivity index (χ4n) is 2.93. The topological polar surface area (TPSA) is 86.3 Å². The number of carbonyl (C=O) groups excluding carboxylic acids is 2. The maximum Gasteiger partial charge on any atom is 0.329 e. The van der Waals surface area contributed by atoms with Gasteiger partial charge in [-0.25, -0.2) is 5.43 Å². The highest BCUT2D eigenvalue weighted by Crippen LogP contribution is 2.22. The predicted octanol–water partition coefficient (Wildman–Crippen LogP) is 3.41. The van der Waals surface area contributed by atoms with E-state index in [2.05, 4.69) is 20.8 Å². The van der Waals surface area contributed by atoms with E-state index in [4.69, 9.17) is 0 Å². The molecule has 0 bridgehead atoms. The molecule has 0 spiro atoms. The average Bonchev–Trinajstić information content (AvgIpc) is 3.11. The van der Waals surface area contributed by atoms with E-state index in [0.717, 1.165) is 27.2 Å². The SMILES string of the molecule is O=C(N/N=C/c1c[nH]c2ccccc12)C(=O)Nc1cccc2ccccc12. The Kier molecular flexibility index (Phi) is 4.37. The first-order chi connectivity index (χ1) is 13.2. The van der Waals surface area contributed by atoms with E-state index < -0.39 is 11.8 Å². The molecule has 0 aliphatic carbocycles. The third-order valence-corrected chi connectivity index (χ3v) is 4.24. The Labute approximate surface area is 154 Å². The summed E-state index contributed by atoms with van der Waals surface area (Å²) < 4.78 is 0. The maximum absolute atomic E-state index is 12.2. The highest BCUT2D eigenvalue weighted by molar-refractivity contribution is 6.40. The van der Waals surface area contributed by atoms with Gasteiger partial charge < -0.3 is 10.3 Å². The van der Waals surface area contributed by atoms with E-state index in [1.807, 2.05) is 60.7 Å². The van der Waals surface area contributed by atoms with Crippen LogP contribution in [0.5, 0.6) is 0 Å². The van der Waals surface area contributed by atoms with Crippen molar-refractivity contribution in [1.29, 1.82) is 0 Å². The second-order valence-electron chi connectivity index (χ2n) is 5.97. The van der Waals surface area contributed by atoms with Crippen molar-refractivity contribution in [1.82, 2.24) is 10.4 Å². The normalized spacial score (nSPS) is 11.1. The van der Waals surface area contributed by atoms with Crippen LogP contribution in [-0.4, -0.2) is 23.0 Å². The fourth-order valence-corrected chi connectivity index (χ4v) is 2.93. The quantitative estimate of drug-likeness (QED) is 0.298. The molecule has 0 aliphatic heterocycles. The number of hydrogen-bond acceptors (Lipinski definition) is 3. The second kappa shape index (κ2) is 7.13. The summed E-state index contributed by atoms with van der Waals surface area (Å²) in [5.41, 5.74) is 4.63. The van der Waals surface area contributed by atoms with E-state index in [9.17, 15) is 9.59 Å². The van der Waals surface area contributed by atoms with Crippen LogP contribution in [0.15, 0.2) is 78.0 Å². The number of amides is 2. The Morgan fingerprint density at radius 1 is 0.852 bits per heavy atom. The van der Waals surface area contributed by atoms with Gasteiger partial charge in [-0.2, -0.15) is 5.10 Å². The van der Waals surface area contributed by atoms with Crippen LogP contribution in [0.3, 0.4) is 0 Å². The molecule has 0 radical (unpaired) electrons. The molecule has 27 heavy (non-hydrogen) atoms. The van der Waals surface area contributed by atoms with Gasteiger partial charge in [-0.15, -0.1) is 0 Å². The lowest BCUT2D eigenvalue weighted by Gasteiger charge is -2.07. The Morgan fingerprint density at radius 3 is 2.48 bits per heavy atom. The number of H-pyrrole nitrogens is 1. The number of carbonyl (C=O) groups is 2. The number of nitrogens with one attached hydrogen (secondary N) is 3. The summed E-state index contributed by atoms with van der Waals surface area (Å²) in [6, 6.07) is 20.9. The van der Waals surface area contributed by atoms with Crippen LogP contribution in [0.1, 0.15) is 5.56 Å². The lowest BCUT2D eigenvalue weighted by atomic mass is 10.1. The van der Waals surface area contributed by atoms with Gasteiger partial charge in [-0.3, -0.25) is 9.59 Å². The number of rotatable bonds is 3. The summed E-state index contributed by atoms with van der Waals surface area (Å²) in [4.78, 5) is 27.3. The van der Waals surface area contributed by atoms with Gasteiger partial charge >= 0.3 is 11.8 Å². The molecule has 1 aromatic heterocycles. The summed E-state index contributed by atoms with van der Waals surface area (Å²) in [5.74, 6) is -1.61. The molecule has 6 nitrogen and oxygen atoms in total. The number of nitrogens with zero attached hydrogens (tertiary/aromatic N) is 1. The lowest BCUT2D eigenvalue weighted by molar-refractivity contribution is -0.136. The van der Waals surface area contributed by atoms with Gasteiger partial charge in [0.2, 0.25) is 0 Å². The van der Waals surface area contributed by atoms with E-state index in [0.29, 0.717) is 5.69 Å². The third-order valence-electron chi connectivity index (χ3n) is 4.24. The molecule has 2 amide bonds. The van der Waals surface area contributed by atoms with Crippen LogP contribution in [0.4, 0.5) is 5.69 Å². The highest BCUT2D eigenvalue weighted by Gasteiger charge is 2.14. The minimum atomic E-state index is -0.834. The summed E-state index contributed by atoms with van der Waals surface area (Å²) in [5, 5.41) is 9.34. The molecule has 1 heterocycles. The molecule has 0 aliphatic rings. The number of aromatic nitrogens is 1. The third kappa shape index (κ3) is 3.41. The Hall–Kier alpha value is -3.93. The first-order valence-electron chi connectivity index (χ1n) is 8.40. The first-order valence-corrected chi connectivity index (χ1v) is 8.40. The van der Waals surface area contributed by atoms with Crippen molar-refractivity contribution in [2.24, 2.45) is 5.10 Å². The van der Waals surface area contributed by atoms with Crippen LogP contribution in [0.2, 0.25) is 0 Å². The zero-order chi connectivity index (χ0) is 18.6. The van der Waals surface area contributed by atoms with Crippen molar-refractivity contribution >= 4 is 45.4 Å². The van der Waals surface area contributed by atoms with E-state index in [1.54, 1.807) is 12.3 Å². The Bertz CT molecular complexity index is 1170. The number of aromatic amines is 1. The largest absolute Gasteiger partial charge is 0.361 e. The number of para-hydroxylation sites is 1. The predicted molar refractivity (Wildman–Crippen MR) is 107 cm³/mol. The van der Waals surface area contributed by atoms with Crippen molar-refractivity contribution in [3.05, 3.63) is 78.5 Å². The summed E-state index contributed by atoms with van der Waals surface area (Å²) in [6.07, 6.45) is 3.29. The standard InChI is InChI=1S/C21H16N4O2/c26-20(24-19-11-5-7-14-6-1-2-8-16(14)19)21(27)25-23-13-15-12-22-18-10-4-3-9-17(15)18/h1-13,22H,(H,24,26)(H,25,27)/b23-13+. The maximum atomic E-state index is 12.2. The second-order valence-corrected chi connectivity index (χ2v) is 5.97. The molecule has 4 aromatic rings. The van der Waals surface area contributed by atoms with Crippen LogP contribution in [0, 0.1) is 0 Å². The zero-order valence-electron chi connectivity index (χ0n) is 14.3. The minimum absolute atomic E-state index is 0.578. The van der Waals surface area contributed by atoms with Crippen molar-refractivity contribution in [2.75, 3.05) is 5.32 Å². The lowest BCUT2D eigenvalue weighted by Crippen LogP contribution is -2.32. The number of fused-ring (bicyclic) bond motifs is 2. The molecule has 0 saturated carbocycles. The zero-order valence-corrected chi connectivity index (χ0v) is 14.3. The number of hydrazone groups is 1. The molecule has 6 heteroatoms. The van der Waals surface area contributed by atoms with Crippen molar-refractivity contribution in [3.63, 3.8) is 0 Å². The van der Waals surface area contributed by atoms with Gasteiger partial charge in [0.05, 0.1) is 6.21 Å². The summed E-state index contributed by atoms with van der Waals surface area (Å²) >= 11 is 0. The number of benzene rings is 3. The molecule has 3 aromatic carbocycles. The molecule has 3 N–H and O–H groups in total. The van der Waals surface area contributed by atoms with Gasteiger partial charge in [0.15, 0.2) is 0 Å². The monoisotopic (exact) mass is 356 g/mol. The van der Waals surface area contributed by atoms with Crippen LogP contribution >= 0.6 is 0 Å². The molecule has 0 atom stereocenters. The van der Waals surface area contributed by atoms with Crippen molar-refractivity contribution < 1.29 is 9.59 Å². The van der Waals surface area contributed by atoms with Crippen molar-refractivity contribution in [3.8, 4) is 0 Å². The van der Waals surface area contributed by atoms with E-state index in [1.165, 1.54) is 6.21 Å². The van der Waals surface area contributed by atoms with Gasteiger partial charge in [0, 0.05) is 33.7 Å². The van der Waals surface area contributed by atoms with Crippen LogP contribution in [-0.2, 0) is 9.59 Å². The summed E-state index contributed by atoms with van der Waals surface area (Å²) in [6.45, 7) is 0. The van der Waals surface area contributed by atoms with Crippen molar-refractivity contribution in [2.45, 2.75) is 0 Å². The van der Waals surface area contributed by atoms with Crippen LogP contribution in [0.25, 0.3) is 21.7 Å². The highest BCUT2D eigenvalue weighted by atomic mass is 16.2. The van der Waals surface area contributed by atoms with Gasteiger partial charge in [0.1, 0.15) is 0 Å². The number of hydrogen-bond donors (Lipinski definition) is 3. The number of anilines is 1. The van der Waals surface area contributed by atoms with E-state index in [-0.39, 0.29) is 0 Å². The molecule has 0 fully saturated rings. The molecular formula is C21H16N4O2.